The van der Waals surface area contributed by atoms with Gasteiger partial charge in [0.2, 0.25) is 0 Å². The monoisotopic (exact) mass is 359 g/mol. The number of allylic oxidation sites excluding steroid dienone is 1. The van der Waals surface area contributed by atoms with Crippen molar-refractivity contribution in [1.29, 1.82) is 0 Å². The van der Waals surface area contributed by atoms with Gasteiger partial charge in [0.05, 0.1) is 0 Å². The van der Waals surface area contributed by atoms with Gasteiger partial charge in [-0.3, -0.25) is 4.79 Å². The molecule has 0 saturated carbocycles. The third kappa shape index (κ3) is 3.49. The highest BCUT2D eigenvalue weighted by molar-refractivity contribution is 9.10. The van der Waals surface area contributed by atoms with Gasteiger partial charge in [-0.1, -0.05) is 15.9 Å². The van der Waals surface area contributed by atoms with Crippen LogP contribution < -0.4 is 14.8 Å². The standard InChI is InChI=1S/C17H14BrNO3/c18-13-3-1-12(2-4-13)15(20)7-8-19-14-5-6-16-17(11-14)22-10-9-21-16/h1-8,11,19H,9-10H2/b8-7+. The van der Waals surface area contributed by atoms with Crippen molar-refractivity contribution in [1.82, 2.24) is 0 Å². The summed E-state index contributed by atoms with van der Waals surface area (Å²) < 4.78 is 11.9. The zero-order chi connectivity index (χ0) is 15.4. The molecular weight excluding hydrogens is 346 g/mol. The van der Waals surface area contributed by atoms with Crippen molar-refractivity contribution < 1.29 is 14.3 Å². The van der Waals surface area contributed by atoms with E-state index in [2.05, 4.69) is 21.2 Å². The summed E-state index contributed by atoms with van der Waals surface area (Å²) >= 11 is 3.34. The normalized spacial score (nSPS) is 13.1. The molecule has 22 heavy (non-hydrogen) atoms. The van der Waals surface area contributed by atoms with Crippen LogP contribution in [0.15, 0.2) is 59.2 Å². The highest BCUT2D eigenvalue weighted by Crippen LogP contribution is 2.32. The summed E-state index contributed by atoms with van der Waals surface area (Å²) in [6.07, 6.45) is 3.12. The topological polar surface area (TPSA) is 47.6 Å². The molecule has 2 aromatic carbocycles. The van der Waals surface area contributed by atoms with Crippen molar-refractivity contribution in [3.8, 4) is 11.5 Å². The van der Waals surface area contributed by atoms with Gasteiger partial charge in [0.1, 0.15) is 13.2 Å². The van der Waals surface area contributed by atoms with Gasteiger partial charge in [0, 0.05) is 34.1 Å². The van der Waals surface area contributed by atoms with E-state index >= 15 is 0 Å². The van der Waals surface area contributed by atoms with E-state index in [0.717, 1.165) is 15.9 Å². The number of carbonyl (C=O) groups is 1. The maximum absolute atomic E-state index is 12.0. The number of ether oxygens (including phenoxy) is 2. The first-order chi connectivity index (χ1) is 10.7. The molecular formula is C17H14BrNO3. The lowest BCUT2D eigenvalue weighted by Gasteiger charge is -2.18. The fourth-order valence-electron chi connectivity index (χ4n) is 2.06. The molecule has 0 bridgehead atoms. The van der Waals surface area contributed by atoms with E-state index in [1.165, 1.54) is 6.08 Å². The Morgan fingerprint density at radius 2 is 1.77 bits per heavy atom. The molecule has 0 atom stereocenters. The number of benzene rings is 2. The highest BCUT2D eigenvalue weighted by Gasteiger charge is 2.11. The van der Waals surface area contributed by atoms with Gasteiger partial charge in [-0.2, -0.15) is 0 Å². The van der Waals surface area contributed by atoms with Crippen molar-refractivity contribution in [3.05, 3.63) is 64.8 Å². The maximum Gasteiger partial charge on any atom is 0.187 e. The Morgan fingerprint density at radius 3 is 2.55 bits per heavy atom. The second kappa shape index (κ2) is 6.66. The largest absolute Gasteiger partial charge is 0.486 e. The van der Waals surface area contributed by atoms with E-state index in [-0.39, 0.29) is 5.78 Å². The molecule has 0 radical (unpaired) electrons. The number of hydrogen-bond acceptors (Lipinski definition) is 4. The van der Waals surface area contributed by atoms with Crippen LogP contribution in [-0.2, 0) is 0 Å². The molecule has 3 rings (SSSR count). The van der Waals surface area contributed by atoms with Gasteiger partial charge in [0.15, 0.2) is 17.3 Å². The molecule has 0 aromatic heterocycles. The SMILES string of the molecule is O=C(/C=C/Nc1ccc2c(c1)OCCO2)c1ccc(Br)cc1. The van der Waals surface area contributed by atoms with Crippen molar-refractivity contribution in [2.45, 2.75) is 0 Å². The minimum Gasteiger partial charge on any atom is -0.486 e. The lowest BCUT2D eigenvalue weighted by molar-refractivity contribution is 0.104. The third-order valence-electron chi connectivity index (χ3n) is 3.16. The first-order valence-corrected chi connectivity index (χ1v) is 7.64. The first kappa shape index (κ1) is 14.7. The van der Waals surface area contributed by atoms with Crippen molar-refractivity contribution in [3.63, 3.8) is 0 Å². The minimum absolute atomic E-state index is 0.0578. The molecule has 112 valence electrons. The van der Waals surface area contributed by atoms with Gasteiger partial charge < -0.3 is 14.8 Å². The van der Waals surface area contributed by atoms with Crippen LogP contribution in [0.4, 0.5) is 5.69 Å². The third-order valence-corrected chi connectivity index (χ3v) is 3.68. The number of halogens is 1. The summed E-state index contributed by atoms with van der Waals surface area (Å²) in [6, 6.07) is 12.8. The van der Waals surface area contributed by atoms with Crippen LogP contribution in [0, 0.1) is 0 Å². The molecule has 4 nitrogen and oxygen atoms in total. The Balaban J connectivity index is 1.64. The van der Waals surface area contributed by atoms with Gasteiger partial charge in [-0.05, 0) is 36.4 Å². The zero-order valence-corrected chi connectivity index (χ0v) is 13.3. The number of hydrogen-bond donors (Lipinski definition) is 1. The molecule has 1 aliphatic heterocycles. The quantitative estimate of drug-likeness (QED) is 0.661. The molecule has 2 aromatic rings. The van der Waals surface area contributed by atoms with Crippen LogP contribution >= 0.6 is 15.9 Å². The number of carbonyl (C=O) groups excluding carboxylic acids is 1. The molecule has 0 unspecified atom stereocenters. The van der Waals surface area contributed by atoms with Gasteiger partial charge in [0.25, 0.3) is 0 Å². The van der Waals surface area contributed by atoms with Crippen LogP contribution in [0.2, 0.25) is 0 Å². The van der Waals surface area contributed by atoms with E-state index in [9.17, 15) is 4.79 Å². The number of nitrogens with one attached hydrogen (secondary N) is 1. The summed E-state index contributed by atoms with van der Waals surface area (Å²) in [6.45, 7) is 1.12. The average molecular weight is 360 g/mol. The Bertz CT molecular complexity index is 710. The van der Waals surface area contributed by atoms with E-state index in [4.69, 9.17) is 9.47 Å². The number of fused-ring (bicyclic) bond motifs is 1. The van der Waals surface area contributed by atoms with Crippen molar-refractivity contribution in [2.24, 2.45) is 0 Å². The smallest absolute Gasteiger partial charge is 0.187 e. The van der Waals surface area contributed by atoms with Crippen LogP contribution in [0.25, 0.3) is 0 Å². The molecule has 1 aliphatic rings. The summed E-state index contributed by atoms with van der Waals surface area (Å²) in [5, 5.41) is 3.06. The molecule has 0 fully saturated rings. The van der Waals surface area contributed by atoms with Crippen LogP contribution in [0.3, 0.4) is 0 Å². The first-order valence-electron chi connectivity index (χ1n) is 6.85. The number of ketones is 1. The van der Waals surface area contributed by atoms with E-state index < -0.39 is 0 Å². The molecule has 1 heterocycles. The molecule has 5 heteroatoms. The summed E-state index contributed by atoms with van der Waals surface area (Å²) in [7, 11) is 0. The van der Waals surface area contributed by atoms with Gasteiger partial charge in [-0.15, -0.1) is 0 Å². The average Bonchev–Trinajstić information content (AvgIpc) is 2.55. The summed E-state index contributed by atoms with van der Waals surface area (Å²) in [5.41, 5.74) is 1.48. The number of rotatable bonds is 4. The van der Waals surface area contributed by atoms with Gasteiger partial charge >= 0.3 is 0 Å². The van der Waals surface area contributed by atoms with Crippen molar-refractivity contribution >= 4 is 27.4 Å². The molecule has 0 aliphatic carbocycles. The fourth-order valence-corrected chi connectivity index (χ4v) is 2.32. The van der Waals surface area contributed by atoms with E-state index in [0.29, 0.717) is 24.5 Å². The highest BCUT2D eigenvalue weighted by atomic mass is 79.9. The predicted octanol–water partition coefficient (Wildman–Crippen LogP) is 4.03. The molecule has 0 amide bonds. The Labute approximate surface area is 136 Å². The minimum atomic E-state index is -0.0578. The fraction of sp³-hybridized carbons (Fsp3) is 0.118. The Morgan fingerprint density at radius 1 is 1.05 bits per heavy atom. The maximum atomic E-state index is 12.0. The molecule has 1 N–H and O–H groups in total. The molecule has 0 spiro atoms. The van der Waals surface area contributed by atoms with Gasteiger partial charge in [-0.25, -0.2) is 0 Å². The Hall–Kier alpha value is -2.27. The Kier molecular flexibility index (Phi) is 4.44. The zero-order valence-electron chi connectivity index (χ0n) is 11.7. The molecule has 0 saturated heterocycles. The summed E-state index contributed by atoms with van der Waals surface area (Å²) in [5.74, 6) is 1.40. The second-order valence-electron chi connectivity index (χ2n) is 4.71. The van der Waals surface area contributed by atoms with E-state index in [1.807, 2.05) is 30.3 Å². The van der Waals surface area contributed by atoms with E-state index in [1.54, 1.807) is 18.3 Å². The van der Waals surface area contributed by atoms with Crippen LogP contribution in [-0.4, -0.2) is 19.0 Å². The van der Waals surface area contributed by atoms with Crippen molar-refractivity contribution in [2.75, 3.05) is 18.5 Å². The lowest BCUT2D eigenvalue weighted by Crippen LogP contribution is -2.15. The predicted molar refractivity (Wildman–Crippen MR) is 88.7 cm³/mol. The number of anilines is 1. The van der Waals surface area contributed by atoms with Crippen LogP contribution in [0.5, 0.6) is 11.5 Å². The lowest BCUT2D eigenvalue weighted by atomic mass is 10.1. The second-order valence-corrected chi connectivity index (χ2v) is 5.62. The van der Waals surface area contributed by atoms with Crippen LogP contribution in [0.1, 0.15) is 10.4 Å². The summed E-state index contributed by atoms with van der Waals surface area (Å²) in [4.78, 5) is 12.0.